The largest absolute Gasteiger partial charge is 0.261 e. The maximum absolute atomic E-state index is 4.22. The van der Waals surface area contributed by atoms with Crippen LogP contribution in [-0.4, -0.2) is 4.98 Å². The predicted octanol–water partition coefficient (Wildman–Crippen LogP) is 2.86. The lowest BCUT2D eigenvalue weighted by atomic mass is 10.1. The number of aromatic nitrogens is 1. The van der Waals surface area contributed by atoms with Crippen LogP contribution in [0.4, 0.5) is 0 Å². The van der Waals surface area contributed by atoms with Crippen molar-refractivity contribution in [1.82, 2.24) is 4.98 Å². The normalized spacial score (nSPS) is 9.92. The van der Waals surface area contributed by atoms with Crippen molar-refractivity contribution in [2.24, 2.45) is 0 Å². The van der Waals surface area contributed by atoms with Crippen LogP contribution in [0.25, 0.3) is 11.1 Å². The van der Waals surface area contributed by atoms with Crippen LogP contribution in [0.2, 0.25) is 0 Å². The third-order valence-electron chi connectivity index (χ3n) is 1.99. The molecule has 63 valence electrons. The first-order chi connectivity index (χ1) is 6.38. The van der Waals surface area contributed by atoms with E-state index < -0.39 is 0 Å². The molecule has 0 aliphatic heterocycles. The number of rotatable bonds is 1. The van der Waals surface area contributed by atoms with Crippen molar-refractivity contribution >= 4 is 0 Å². The molecule has 0 amide bonds. The van der Waals surface area contributed by atoms with Gasteiger partial charge in [0.05, 0.1) is 0 Å². The topological polar surface area (TPSA) is 12.9 Å². The average Bonchev–Trinajstić information content (AvgIpc) is 2.20. The number of nitrogens with zero attached hydrogens (tertiary/aromatic N) is 1. The lowest BCUT2D eigenvalue weighted by Gasteiger charge is -2.02. The maximum atomic E-state index is 4.22. The van der Waals surface area contributed by atoms with E-state index in [4.69, 9.17) is 0 Å². The monoisotopic (exact) mass is 168 g/mol. The molecule has 2 rings (SSSR count). The van der Waals surface area contributed by atoms with E-state index in [9.17, 15) is 0 Å². The molecule has 0 bridgehead atoms. The Hall–Kier alpha value is -1.63. The second kappa shape index (κ2) is 3.40. The molecule has 0 aliphatic carbocycles. The molecule has 0 saturated carbocycles. The van der Waals surface area contributed by atoms with E-state index in [0.717, 1.165) is 11.3 Å². The molecule has 0 N–H and O–H groups in total. The van der Waals surface area contributed by atoms with Gasteiger partial charge in [-0.2, -0.15) is 0 Å². The van der Waals surface area contributed by atoms with Crippen LogP contribution in [0.1, 0.15) is 5.69 Å². The van der Waals surface area contributed by atoms with Crippen LogP contribution in [0.3, 0.4) is 0 Å². The highest BCUT2D eigenvalue weighted by Crippen LogP contribution is 2.19. The van der Waals surface area contributed by atoms with Crippen LogP contribution in [0.5, 0.6) is 0 Å². The van der Waals surface area contributed by atoms with Gasteiger partial charge in [-0.25, -0.2) is 0 Å². The minimum Gasteiger partial charge on any atom is -0.261 e. The van der Waals surface area contributed by atoms with Crippen LogP contribution in [0.15, 0.2) is 42.6 Å². The second-order valence-corrected chi connectivity index (χ2v) is 2.92. The highest BCUT2D eigenvalue weighted by Gasteiger charge is 1.99. The summed E-state index contributed by atoms with van der Waals surface area (Å²) < 4.78 is 0. The molecule has 0 aliphatic rings. The van der Waals surface area contributed by atoms with Crippen LogP contribution in [-0.2, 0) is 0 Å². The molecule has 0 spiro atoms. The molecule has 0 fully saturated rings. The molecule has 2 aromatic rings. The van der Waals surface area contributed by atoms with Crippen molar-refractivity contribution in [1.29, 1.82) is 0 Å². The van der Waals surface area contributed by atoms with Crippen molar-refractivity contribution in [3.05, 3.63) is 54.4 Å². The summed E-state index contributed by atoms with van der Waals surface area (Å²) in [6.07, 6.45) is 1.77. The summed E-state index contributed by atoms with van der Waals surface area (Å²) in [5.41, 5.74) is 3.28. The molecular weight excluding hydrogens is 158 g/mol. The summed E-state index contributed by atoms with van der Waals surface area (Å²) in [6.45, 7) is 2.00. The van der Waals surface area contributed by atoms with Crippen LogP contribution < -0.4 is 0 Å². The quantitative estimate of drug-likeness (QED) is 0.638. The molecule has 1 heteroatoms. The Balaban J connectivity index is 2.54. The molecule has 1 nitrogen and oxygen atoms in total. The predicted molar refractivity (Wildman–Crippen MR) is 53.2 cm³/mol. The molecular formula is C12H10N. The van der Waals surface area contributed by atoms with Crippen molar-refractivity contribution < 1.29 is 0 Å². The van der Waals surface area contributed by atoms with Gasteiger partial charge < -0.3 is 0 Å². The Morgan fingerprint density at radius 3 is 2.62 bits per heavy atom. The Kier molecular flexibility index (Phi) is 2.09. The zero-order valence-corrected chi connectivity index (χ0v) is 7.49. The van der Waals surface area contributed by atoms with Crippen LogP contribution in [0, 0.1) is 13.0 Å². The summed E-state index contributed by atoms with van der Waals surface area (Å²) in [7, 11) is 0. The molecule has 13 heavy (non-hydrogen) atoms. The van der Waals surface area contributed by atoms with E-state index >= 15 is 0 Å². The summed E-state index contributed by atoms with van der Waals surface area (Å²) >= 11 is 0. The first-order valence-electron chi connectivity index (χ1n) is 4.26. The summed E-state index contributed by atoms with van der Waals surface area (Å²) in [5.74, 6) is 0. The first kappa shape index (κ1) is 7.99. The zero-order valence-electron chi connectivity index (χ0n) is 7.49. The number of benzene rings is 1. The van der Waals surface area contributed by atoms with Crippen molar-refractivity contribution in [2.75, 3.05) is 0 Å². The Bertz CT molecular complexity index is 393. The van der Waals surface area contributed by atoms with E-state index in [-0.39, 0.29) is 0 Å². The molecule has 1 heterocycles. The number of hydrogen-bond acceptors (Lipinski definition) is 1. The lowest BCUT2D eigenvalue weighted by Crippen LogP contribution is -1.85. The fourth-order valence-corrected chi connectivity index (χ4v) is 1.34. The summed E-state index contributed by atoms with van der Waals surface area (Å²) in [4.78, 5) is 4.22. The van der Waals surface area contributed by atoms with Gasteiger partial charge in [-0.15, -0.1) is 0 Å². The SMILES string of the molecule is Cc1ncc[c]c1-c1ccccc1. The van der Waals surface area contributed by atoms with Crippen molar-refractivity contribution in [3.63, 3.8) is 0 Å². The zero-order chi connectivity index (χ0) is 9.10. The van der Waals surface area contributed by atoms with Gasteiger partial charge in [-0.3, -0.25) is 4.98 Å². The first-order valence-corrected chi connectivity index (χ1v) is 4.26. The second-order valence-electron chi connectivity index (χ2n) is 2.92. The number of pyridine rings is 1. The van der Waals surface area contributed by atoms with Gasteiger partial charge in [0.25, 0.3) is 0 Å². The molecule has 1 aromatic carbocycles. The van der Waals surface area contributed by atoms with Crippen molar-refractivity contribution in [3.8, 4) is 11.1 Å². The lowest BCUT2D eigenvalue weighted by molar-refractivity contribution is 1.20. The Morgan fingerprint density at radius 2 is 1.92 bits per heavy atom. The van der Waals surface area contributed by atoms with Gasteiger partial charge in [0.2, 0.25) is 0 Å². The highest BCUT2D eigenvalue weighted by atomic mass is 14.7. The van der Waals surface area contributed by atoms with Gasteiger partial charge in [-0.1, -0.05) is 30.3 Å². The molecule has 1 radical (unpaired) electrons. The number of hydrogen-bond donors (Lipinski definition) is 0. The highest BCUT2D eigenvalue weighted by molar-refractivity contribution is 5.64. The fourth-order valence-electron chi connectivity index (χ4n) is 1.34. The third kappa shape index (κ3) is 1.59. The van der Waals surface area contributed by atoms with Gasteiger partial charge >= 0.3 is 0 Å². The average molecular weight is 168 g/mol. The Morgan fingerprint density at radius 1 is 1.15 bits per heavy atom. The van der Waals surface area contributed by atoms with Gasteiger partial charge in [-0.05, 0) is 24.6 Å². The van der Waals surface area contributed by atoms with E-state index in [2.05, 4.69) is 23.2 Å². The third-order valence-corrected chi connectivity index (χ3v) is 1.99. The molecule has 1 aromatic heterocycles. The smallest absolute Gasteiger partial charge is 0.0457 e. The summed E-state index contributed by atoms with van der Waals surface area (Å²) in [5, 5.41) is 0. The molecule has 0 saturated heterocycles. The maximum Gasteiger partial charge on any atom is 0.0457 e. The standard InChI is InChI=1S/C12H10N/c1-10-12(8-5-9-13-10)11-6-3-2-4-7-11/h2-7,9H,1H3. The molecule has 0 unspecified atom stereocenters. The Labute approximate surface area is 78.1 Å². The van der Waals surface area contributed by atoms with Gasteiger partial charge in [0.15, 0.2) is 0 Å². The minimum absolute atomic E-state index is 1.02. The van der Waals surface area contributed by atoms with Crippen LogP contribution >= 0.6 is 0 Å². The van der Waals surface area contributed by atoms with Gasteiger partial charge in [0.1, 0.15) is 0 Å². The van der Waals surface area contributed by atoms with E-state index in [1.165, 1.54) is 5.56 Å². The minimum atomic E-state index is 1.02. The van der Waals surface area contributed by atoms with E-state index in [0.29, 0.717) is 0 Å². The van der Waals surface area contributed by atoms with Crippen molar-refractivity contribution in [2.45, 2.75) is 6.92 Å². The number of aryl methyl sites for hydroxylation is 1. The van der Waals surface area contributed by atoms with Gasteiger partial charge in [0, 0.05) is 17.5 Å². The van der Waals surface area contributed by atoms with E-state index in [1.54, 1.807) is 6.20 Å². The van der Waals surface area contributed by atoms with E-state index in [1.807, 2.05) is 31.2 Å². The summed E-state index contributed by atoms with van der Waals surface area (Å²) in [6, 6.07) is 15.2. The fraction of sp³-hybridized carbons (Fsp3) is 0.0833. The molecule has 0 atom stereocenters.